The van der Waals surface area contributed by atoms with Crippen molar-refractivity contribution in [3.8, 4) is 11.3 Å². The summed E-state index contributed by atoms with van der Waals surface area (Å²) in [5, 5.41) is 11.0. The van der Waals surface area contributed by atoms with E-state index in [2.05, 4.69) is 72.5 Å². The van der Waals surface area contributed by atoms with Crippen molar-refractivity contribution in [3.05, 3.63) is 70.7 Å². The number of benzene rings is 1. The van der Waals surface area contributed by atoms with Crippen LogP contribution in [0, 0.1) is 20.8 Å². The number of aromatic amines is 1. The molecule has 1 atom stereocenters. The number of rotatable bonds is 6. The Bertz CT molecular complexity index is 851. The molecule has 2 N–H and O–H groups in total. The first-order valence-electron chi connectivity index (χ1n) is 8.78. The third kappa shape index (κ3) is 4.15. The lowest BCUT2D eigenvalue weighted by atomic mass is 10.0. The summed E-state index contributed by atoms with van der Waals surface area (Å²) in [6.07, 6.45) is 4.70. The number of nitrogens with one attached hydrogen (secondary N) is 2. The Balaban J connectivity index is 1.67. The predicted molar refractivity (Wildman–Crippen MR) is 102 cm³/mol. The summed E-state index contributed by atoms with van der Waals surface area (Å²) in [5.74, 6) is 0. The number of pyridine rings is 1. The molecule has 4 nitrogen and oxygen atoms in total. The standard InChI is InChI=1S/C21H26N4/c1-14-7-8-18(10-16(14)3)21-19(13-24-25-21)12-23-17(4)11-20-15(2)6-5-9-22-20/h5-10,13,17,23H,11-12H2,1-4H3,(H,24,25)/t17-/m1/s1. The number of nitrogens with zero attached hydrogens (tertiary/aromatic N) is 2. The summed E-state index contributed by atoms with van der Waals surface area (Å²) in [6.45, 7) is 9.37. The zero-order valence-corrected chi connectivity index (χ0v) is 15.4. The molecule has 2 aromatic heterocycles. The molecule has 4 heteroatoms. The molecule has 0 fully saturated rings. The van der Waals surface area contributed by atoms with Crippen molar-refractivity contribution < 1.29 is 0 Å². The first kappa shape index (κ1) is 17.4. The Morgan fingerprint density at radius 2 is 1.92 bits per heavy atom. The van der Waals surface area contributed by atoms with Crippen molar-refractivity contribution >= 4 is 0 Å². The van der Waals surface area contributed by atoms with E-state index in [9.17, 15) is 0 Å². The van der Waals surface area contributed by atoms with E-state index >= 15 is 0 Å². The molecule has 0 spiro atoms. The molecule has 0 aliphatic heterocycles. The van der Waals surface area contributed by atoms with Crippen LogP contribution in [0.3, 0.4) is 0 Å². The maximum absolute atomic E-state index is 4.49. The third-order valence-corrected chi connectivity index (χ3v) is 4.77. The van der Waals surface area contributed by atoms with Gasteiger partial charge < -0.3 is 5.32 Å². The van der Waals surface area contributed by atoms with Gasteiger partial charge in [0.25, 0.3) is 0 Å². The second-order valence-electron chi connectivity index (χ2n) is 6.82. The molecule has 3 aromatic rings. The summed E-state index contributed by atoms with van der Waals surface area (Å²) < 4.78 is 0. The van der Waals surface area contributed by atoms with Crippen LogP contribution in [0.25, 0.3) is 11.3 Å². The average molecular weight is 334 g/mol. The smallest absolute Gasteiger partial charge is 0.0695 e. The molecule has 0 unspecified atom stereocenters. The van der Waals surface area contributed by atoms with Crippen molar-refractivity contribution in [3.63, 3.8) is 0 Å². The molecule has 3 rings (SSSR count). The number of H-pyrrole nitrogens is 1. The summed E-state index contributed by atoms with van der Waals surface area (Å²) in [4.78, 5) is 4.49. The Hall–Kier alpha value is -2.46. The van der Waals surface area contributed by atoms with Crippen molar-refractivity contribution in [1.29, 1.82) is 0 Å². The van der Waals surface area contributed by atoms with Crippen LogP contribution >= 0.6 is 0 Å². The van der Waals surface area contributed by atoms with Crippen LogP contribution in [0.1, 0.15) is 34.9 Å². The molecular weight excluding hydrogens is 308 g/mol. The van der Waals surface area contributed by atoms with Gasteiger partial charge in [0.2, 0.25) is 0 Å². The van der Waals surface area contributed by atoms with Crippen LogP contribution in [-0.4, -0.2) is 21.2 Å². The van der Waals surface area contributed by atoms with Gasteiger partial charge in [-0.3, -0.25) is 10.1 Å². The Morgan fingerprint density at radius 3 is 2.68 bits per heavy atom. The van der Waals surface area contributed by atoms with Crippen LogP contribution in [0.4, 0.5) is 0 Å². The Morgan fingerprint density at radius 1 is 1.08 bits per heavy atom. The van der Waals surface area contributed by atoms with Crippen LogP contribution in [0.15, 0.2) is 42.7 Å². The molecule has 0 bridgehead atoms. The highest BCUT2D eigenvalue weighted by molar-refractivity contribution is 5.64. The first-order chi connectivity index (χ1) is 12.0. The van der Waals surface area contributed by atoms with Crippen LogP contribution in [-0.2, 0) is 13.0 Å². The van der Waals surface area contributed by atoms with Gasteiger partial charge in [-0.1, -0.05) is 18.2 Å². The van der Waals surface area contributed by atoms with Gasteiger partial charge in [0.1, 0.15) is 0 Å². The Kier molecular flexibility index (Phi) is 5.29. The molecule has 25 heavy (non-hydrogen) atoms. The van der Waals surface area contributed by atoms with E-state index in [1.54, 1.807) is 0 Å². The maximum atomic E-state index is 4.49. The lowest BCUT2D eigenvalue weighted by Gasteiger charge is -2.15. The molecule has 0 amide bonds. The van der Waals surface area contributed by atoms with E-state index in [0.29, 0.717) is 6.04 Å². The van der Waals surface area contributed by atoms with Crippen LogP contribution in [0.5, 0.6) is 0 Å². The highest BCUT2D eigenvalue weighted by atomic mass is 15.1. The molecule has 1 aromatic carbocycles. The van der Waals surface area contributed by atoms with Crippen molar-refractivity contribution in [2.75, 3.05) is 0 Å². The van der Waals surface area contributed by atoms with E-state index in [-0.39, 0.29) is 0 Å². The minimum Gasteiger partial charge on any atom is -0.310 e. The first-order valence-corrected chi connectivity index (χ1v) is 8.78. The lowest BCUT2D eigenvalue weighted by molar-refractivity contribution is 0.539. The number of hydrogen-bond acceptors (Lipinski definition) is 3. The molecular formula is C21H26N4. The van der Waals surface area contributed by atoms with E-state index < -0.39 is 0 Å². The van der Waals surface area contributed by atoms with Gasteiger partial charge in [0.05, 0.1) is 11.9 Å². The molecule has 0 radical (unpaired) electrons. The van der Waals surface area contributed by atoms with Gasteiger partial charge >= 0.3 is 0 Å². The number of aromatic nitrogens is 3. The summed E-state index contributed by atoms with van der Waals surface area (Å²) in [6, 6.07) is 11.0. The van der Waals surface area contributed by atoms with Gasteiger partial charge in [-0.15, -0.1) is 0 Å². The second kappa shape index (κ2) is 7.62. The van der Waals surface area contributed by atoms with E-state index in [1.807, 2.05) is 18.5 Å². The average Bonchev–Trinajstić information content (AvgIpc) is 3.06. The molecule has 2 heterocycles. The molecule has 0 saturated heterocycles. The minimum atomic E-state index is 0.344. The van der Waals surface area contributed by atoms with E-state index in [1.165, 1.54) is 27.8 Å². The third-order valence-electron chi connectivity index (χ3n) is 4.77. The normalized spacial score (nSPS) is 12.3. The molecule has 0 aliphatic rings. The second-order valence-corrected chi connectivity index (χ2v) is 6.82. The van der Waals surface area contributed by atoms with Gasteiger partial charge in [0.15, 0.2) is 0 Å². The zero-order valence-electron chi connectivity index (χ0n) is 15.4. The van der Waals surface area contributed by atoms with Crippen molar-refractivity contribution in [1.82, 2.24) is 20.5 Å². The molecule has 0 aliphatic carbocycles. The van der Waals surface area contributed by atoms with Gasteiger partial charge in [-0.2, -0.15) is 5.10 Å². The molecule has 130 valence electrons. The van der Waals surface area contributed by atoms with Crippen LogP contribution < -0.4 is 5.32 Å². The summed E-state index contributed by atoms with van der Waals surface area (Å²) in [5.41, 5.74) is 8.47. The fraction of sp³-hybridized carbons (Fsp3) is 0.333. The highest BCUT2D eigenvalue weighted by Crippen LogP contribution is 2.23. The van der Waals surface area contributed by atoms with Crippen molar-refractivity contribution in [2.45, 2.75) is 46.7 Å². The SMILES string of the molecule is Cc1ccc(-c2[nH]ncc2CN[C@H](C)Cc2ncccc2C)cc1C. The lowest BCUT2D eigenvalue weighted by Crippen LogP contribution is -2.28. The topological polar surface area (TPSA) is 53.6 Å². The Labute approximate surface area is 149 Å². The molecule has 0 saturated carbocycles. The van der Waals surface area contributed by atoms with E-state index in [4.69, 9.17) is 0 Å². The predicted octanol–water partition coefficient (Wildman–Crippen LogP) is 4.12. The van der Waals surface area contributed by atoms with Crippen LogP contribution in [0.2, 0.25) is 0 Å². The van der Waals surface area contributed by atoms with Gasteiger partial charge in [-0.05, 0) is 56.5 Å². The number of hydrogen-bond donors (Lipinski definition) is 2. The minimum absolute atomic E-state index is 0.344. The number of aryl methyl sites for hydroxylation is 3. The highest BCUT2D eigenvalue weighted by Gasteiger charge is 2.11. The quantitative estimate of drug-likeness (QED) is 0.713. The van der Waals surface area contributed by atoms with Crippen molar-refractivity contribution in [2.24, 2.45) is 0 Å². The van der Waals surface area contributed by atoms with Gasteiger partial charge in [-0.25, -0.2) is 0 Å². The fourth-order valence-corrected chi connectivity index (χ4v) is 2.97. The van der Waals surface area contributed by atoms with E-state index in [0.717, 1.165) is 24.4 Å². The maximum Gasteiger partial charge on any atom is 0.0695 e. The zero-order chi connectivity index (χ0) is 17.8. The largest absolute Gasteiger partial charge is 0.310 e. The van der Waals surface area contributed by atoms with Gasteiger partial charge in [0, 0.05) is 42.0 Å². The summed E-state index contributed by atoms with van der Waals surface area (Å²) in [7, 11) is 0. The summed E-state index contributed by atoms with van der Waals surface area (Å²) >= 11 is 0. The monoisotopic (exact) mass is 334 g/mol. The fourth-order valence-electron chi connectivity index (χ4n) is 2.97.